The van der Waals surface area contributed by atoms with Crippen molar-refractivity contribution in [2.75, 3.05) is 18.5 Å². The van der Waals surface area contributed by atoms with E-state index >= 15 is 0 Å². The van der Waals surface area contributed by atoms with Crippen molar-refractivity contribution in [3.63, 3.8) is 0 Å². The van der Waals surface area contributed by atoms with Crippen molar-refractivity contribution in [1.29, 1.82) is 0 Å². The summed E-state index contributed by atoms with van der Waals surface area (Å²) in [6.07, 6.45) is 1.65. The highest BCUT2D eigenvalue weighted by molar-refractivity contribution is 7.15. The molecule has 0 aliphatic carbocycles. The van der Waals surface area contributed by atoms with Gasteiger partial charge in [0.05, 0.1) is 31.0 Å². The summed E-state index contributed by atoms with van der Waals surface area (Å²) < 4.78 is 11.4. The average Bonchev–Trinajstić information content (AvgIpc) is 2.93. The van der Waals surface area contributed by atoms with E-state index in [9.17, 15) is 9.90 Å². The number of thiazole rings is 1. The second kappa shape index (κ2) is 8.03. The number of hydrogen-bond donors (Lipinski definition) is 2. The molecule has 1 aromatic heterocycles. The molecule has 0 amide bonds. The van der Waals surface area contributed by atoms with Gasteiger partial charge in [-0.05, 0) is 13.8 Å². The first-order valence-corrected chi connectivity index (χ1v) is 8.25. The highest BCUT2D eigenvalue weighted by Crippen LogP contribution is 2.34. The fourth-order valence-corrected chi connectivity index (χ4v) is 2.89. The van der Waals surface area contributed by atoms with Crippen LogP contribution in [0.4, 0.5) is 5.69 Å². The van der Waals surface area contributed by atoms with Gasteiger partial charge in [-0.15, -0.1) is 11.3 Å². The van der Waals surface area contributed by atoms with Crippen LogP contribution < -0.4 is 14.8 Å². The van der Waals surface area contributed by atoms with E-state index < -0.39 is 5.97 Å². The van der Waals surface area contributed by atoms with Gasteiger partial charge in [-0.3, -0.25) is 0 Å². The van der Waals surface area contributed by atoms with Crippen LogP contribution in [0.1, 0.15) is 29.1 Å². The molecule has 0 atom stereocenters. The minimum Gasteiger partial charge on any atom is -0.490 e. The van der Waals surface area contributed by atoms with Crippen LogP contribution >= 0.6 is 22.9 Å². The standard InChI is InChI=1S/C15H17ClN2O4S/c1-3-21-12-5-10(14(19)20)11(6-13(12)22-4-2)17-7-9-8-18-15(16)23-9/h5-6,8,17H,3-4,7H2,1-2H3,(H,19,20). The second-order valence-electron chi connectivity index (χ2n) is 4.45. The number of nitrogens with one attached hydrogen (secondary N) is 1. The molecule has 2 N–H and O–H groups in total. The first kappa shape index (κ1) is 17.4. The molecule has 6 nitrogen and oxygen atoms in total. The third kappa shape index (κ3) is 4.49. The van der Waals surface area contributed by atoms with Gasteiger partial charge in [0.1, 0.15) is 0 Å². The number of carbonyl (C=O) groups is 1. The summed E-state index contributed by atoms with van der Waals surface area (Å²) in [5, 5.41) is 12.5. The SMILES string of the molecule is CCOc1cc(NCc2cnc(Cl)s2)c(C(=O)O)cc1OCC. The highest BCUT2D eigenvalue weighted by atomic mass is 35.5. The number of anilines is 1. The molecule has 0 spiro atoms. The molecule has 2 rings (SSSR count). The molecule has 0 unspecified atom stereocenters. The number of benzene rings is 1. The minimum absolute atomic E-state index is 0.118. The van der Waals surface area contributed by atoms with E-state index in [1.165, 1.54) is 17.4 Å². The van der Waals surface area contributed by atoms with Crippen molar-refractivity contribution in [3.8, 4) is 11.5 Å². The quantitative estimate of drug-likeness (QED) is 0.746. The van der Waals surface area contributed by atoms with Gasteiger partial charge in [-0.1, -0.05) is 11.6 Å². The Labute approximate surface area is 143 Å². The number of carboxylic acids is 1. The molecular weight excluding hydrogens is 340 g/mol. The lowest BCUT2D eigenvalue weighted by Gasteiger charge is -2.15. The second-order valence-corrected chi connectivity index (χ2v) is 6.15. The van der Waals surface area contributed by atoms with E-state index in [2.05, 4.69) is 10.3 Å². The lowest BCUT2D eigenvalue weighted by Crippen LogP contribution is -2.08. The first-order valence-electron chi connectivity index (χ1n) is 7.06. The molecule has 124 valence electrons. The van der Waals surface area contributed by atoms with Crippen molar-refractivity contribution < 1.29 is 19.4 Å². The van der Waals surface area contributed by atoms with Gasteiger partial charge in [-0.25, -0.2) is 9.78 Å². The molecule has 23 heavy (non-hydrogen) atoms. The molecule has 0 radical (unpaired) electrons. The van der Waals surface area contributed by atoms with Crippen LogP contribution in [0.25, 0.3) is 0 Å². The Morgan fingerprint density at radius 3 is 2.48 bits per heavy atom. The molecule has 0 saturated carbocycles. The number of nitrogens with zero attached hydrogens (tertiary/aromatic N) is 1. The normalized spacial score (nSPS) is 10.4. The number of ether oxygens (including phenoxy) is 2. The molecule has 0 bridgehead atoms. The van der Waals surface area contributed by atoms with Crippen molar-refractivity contribution >= 4 is 34.6 Å². The van der Waals surface area contributed by atoms with Gasteiger partial charge in [0.15, 0.2) is 16.0 Å². The molecule has 0 aliphatic rings. The maximum atomic E-state index is 11.5. The predicted octanol–water partition coefficient (Wildman–Crippen LogP) is 3.90. The third-order valence-corrected chi connectivity index (χ3v) is 4.01. The summed E-state index contributed by atoms with van der Waals surface area (Å²) in [5.41, 5.74) is 0.571. The number of hydrogen-bond acceptors (Lipinski definition) is 6. The van der Waals surface area contributed by atoms with Gasteiger partial charge >= 0.3 is 5.97 Å². The Balaban J connectivity index is 2.31. The maximum Gasteiger partial charge on any atom is 0.337 e. The van der Waals surface area contributed by atoms with Gasteiger partial charge in [-0.2, -0.15) is 0 Å². The lowest BCUT2D eigenvalue weighted by atomic mass is 10.1. The zero-order valence-electron chi connectivity index (χ0n) is 12.8. The molecule has 2 aromatic rings. The monoisotopic (exact) mass is 356 g/mol. The largest absolute Gasteiger partial charge is 0.490 e. The van der Waals surface area contributed by atoms with Crippen molar-refractivity contribution in [3.05, 3.63) is 33.2 Å². The van der Waals surface area contributed by atoms with E-state index in [-0.39, 0.29) is 5.56 Å². The topological polar surface area (TPSA) is 80.7 Å². The molecular formula is C15H17ClN2O4S. The van der Waals surface area contributed by atoms with E-state index in [0.29, 0.717) is 41.4 Å². The summed E-state index contributed by atoms with van der Waals surface area (Å²) in [6, 6.07) is 3.11. The zero-order chi connectivity index (χ0) is 16.8. The molecule has 8 heteroatoms. The summed E-state index contributed by atoms with van der Waals surface area (Å²) in [6.45, 7) is 4.98. The Bertz CT molecular complexity index is 690. The van der Waals surface area contributed by atoms with Crippen LogP contribution in [0.2, 0.25) is 4.47 Å². The number of carboxylic acid groups (broad SMARTS) is 1. The summed E-state index contributed by atoms with van der Waals surface area (Å²) >= 11 is 7.13. The molecule has 1 heterocycles. The number of rotatable bonds is 8. The maximum absolute atomic E-state index is 11.5. The predicted molar refractivity (Wildman–Crippen MR) is 90.2 cm³/mol. The number of halogens is 1. The molecule has 0 aliphatic heterocycles. The van der Waals surface area contributed by atoms with Crippen LogP contribution in [0.15, 0.2) is 18.3 Å². The van der Waals surface area contributed by atoms with Crippen LogP contribution in [0, 0.1) is 0 Å². The molecule has 0 fully saturated rings. The zero-order valence-corrected chi connectivity index (χ0v) is 14.3. The summed E-state index contributed by atoms with van der Waals surface area (Å²) in [5.74, 6) is -0.124. The Kier molecular flexibility index (Phi) is 6.06. The van der Waals surface area contributed by atoms with Crippen molar-refractivity contribution in [2.24, 2.45) is 0 Å². The Hall–Kier alpha value is -1.99. The molecule has 0 saturated heterocycles. The van der Waals surface area contributed by atoms with Crippen molar-refractivity contribution in [2.45, 2.75) is 20.4 Å². The lowest BCUT2D eigenvalue weighted by molar-refractivity contribution is 0.0697. The Morgan fingerprint density at radius 2 is 1.96 bits per heavy atom. The van der Waals surface area contributed by atoms with Gasteiger partial charge in [0, 0.05) is 23.2 Å². The Morgan fingerprint density at radius 1 is 1.30 bits per heavy atom. The van der Waals surface area contributed by atoms with Crippen LogP contribution in [0.3, 0.4) is 0 Å². The van der Waals surface area contributed by atoms with Crippen molar-refractivity contribution in [1.82, 2.24) is 4.98 Å². The van der Waals surface area contributed by atoms with Crippen LogP contribution in [-0.4, -0.2) is 29.3 Å². The van der Waals surface area contributed by atoms with E-state index in [0.717, 1.165) is 4.88 Å². The van der Waals surface area contributed by atoms with E-state index in [1.807, 2.05) is 13.8 Å². The van der Waals surface area contributed by atoms with Crippen LogP contribution in [0.5, 0.6) is 11.5 Å². The summed E-state index contributed by atoms with van der Waals surface area (Å²) in [4.78, 5) is 16.4. The fraction of sp³-hybridized carbons (Fsp3) is 0.333. The van der Waals surface area contributed by atoms with Gasteiger partial charge in [0.2, 0.25) is 0 Å². The summed E-state index contributed by atoms with van der Waals surface area (Å²) in [7, 11) is 0. The van der Waals surface area contributed by atoms with E-state index in [4.69, 9.17) is 21.1 Å². The number of aromatic carboxylic acids is 1. The van der Waals surface area contributed by atoms with Crippen LogP contribution in [-0.2, 0) is 6.54 Å². The third-order valence-electron chi connectivity index (χ3n) is 2.89. The highest BCUT2D eigenvalue weighted by Gasteiger charge is 2.17. The van der Waals surface area contributed by atoms with E-state index in [1.54, 1.807) is 12.3 Å². The van der Waals surface area contributed by atoms with Gasteiger partial charge in [0.25, 0.3) is 0 Å². The minimum atomic E-state index is -1.04. The fourth-order valence-electron chi connectivity index (χ4n) is 1.97. The number of aromatic nitrogens is 1. The van der Waals surface area contributed by atoms with Gasteiger partial charge < -0.3 is 19.9 Å². The smallest absolute Gasteiger partial charge is 0.337 e. The average molecular weight is 357 g/mol. The first-order chi connectivity index (χ1) is 11.0. The molecule has 1 aromatic carbocycles.